The van der Waals surface area contributed by atoms with Crippen molar-refractivity contribution < 1.29 is 18.7 Å². The predicted octanol–water partition coefficient (Wildman–Crippen LogP) is 2.79. The fourth-order valence-electron chi connectivity index (χ4n) is 4.86. The summed E-state index contributed by atoms with van der Waals surface area (Å²) in [4.78, 5) is 15.4. The van der Waals surface area contributed by atoms with Gasteiger partial charge in [0.2, 0.25) is 0 Å². The number of ether oxygens (including phenoxy) is 2. The Labute approximate surface area is 169 Å². The van der Waals surface area contributed by atoms with Crippen LogP contribution in [0.25, 0.3) is 0 Å². The lowest BCUT2D eigenvalue weighted by Gasteiger charge is -2.41. The van der Waals surface area contributed by atoms with E-state index >= 15 is 0 Å². The van der Waals surface area contributed by atoms with Gasteiger partial charge in [0, 0.05) is 19.0 Å². The molecule has 152 valence electrons. The van der Waals surface area contributed by atoms with Crippen molar-refractivity contribution in [2.24, 2.45) is 0 Å². The van der Waals surface area contributed by atoms with Gasteiger partial charge in [-0.3, -0.25) is 10.1 Å². The molecule has 3 heterocycles. The average Bonchev–Trinajstić information content (AvgIpc) is 3.12. The lowest BCUT2D eigenvalue weighted by molar-refractivity contribution is -0.154. The molecule has 29 heavy (non-hydrogen) atoms. The molecule has 2 fully saturated rings. The van der Waals surface area contributed by atoms with Gasteiger partial charge in [0.15, 0.2) is 0 Å². The number of rotatable bonds is 2. The molecule has 2 aromatic rings. The molecular weight excluding hydrogens is 371 g/mol. The van der Waals surface area contributed by atoms with E-state index in [9.17, 15) is 9.18 Å². The Balaban J connectivity index is 1.45. The number of nitrogens with one attached hydrogen (secondary N) is 1. The molecule has 0 bridgehead atoms. The van der Waals surface area contributed by atoms with Crippen LogP contribution in [0, 0.1) is 5.82 Å². The molecule has 5 rings (SSSR count). The fourth-order valence-corrected chi connectivity index (χ4v) is 4.86. The van der Waals surface area contributed by atoms with Crippen LogP contribution in [-0.2, 0) is 20.7 Å². The number of halogens is 1. The van der Waals surface area contributed by atoms with E-state index in [1.165, 1.54) is 17.7 Å². The van der Waals surface area contributed by atoms with Crippen LogP contribution in [0.4, 0.5) is 4.39 Å². The van der Waals surface area contributed by atoms with Crippen LogP contribution in [0.5, 0.6) is 0 Å². The summed E-state index contributed by atoms with van der Waals surface area (Å²) in [6.45, 7) is 3.01. The van der Waals surface area contributed by atoms with Gasteiger partial charge in [-0.1, -0.05) is 36.4 Å². The van der Waals surface area contributed by atoms with Gasteiger partial charge in [0.05, 0.1) is 18.8 Å². The molecule has 2 saturated heterocycles. The number of carbonyl (C=O) groups excluding carboxylic acids is 1. The zero-order chi connectivity index (χ0) is 20.0. The molecular formula is C23H25FN2O3. The van der Waals surface area contributed by atoms with Gasteiger partial charge in [0.25, 0.3) is 5.91 Å². The number of hydrogen-bond acceptors (Lipinski definition) is 4. The summed E-state index contributed by atoms with van der Waals surface area (Å²) in [7, 11) is 0. The lowest BCUT2D eigenvalue weighted by Crippen LogP contribution is -2.52. The molecule has 0 spiro atoms. The first kappa shape index (κ1) is 18.7. The minimum atomic E-state index is -0.495. The first-order valence-electron chi connectivity index (χ1n) is 10.3. The molecule has 0 unspecified atom stereocenters. The zero-order valence-corrected chi connectivity index (χ0v) is 16.4. The average molecular weight is 396 g/mol. The minimum absolute atomic E-state index is 0.00373. The van der Waals surface area contributed by atoms with Gasteiger partial charge >= 0.3 is 0 Å². The highest BCUT2D eigenvalue weighted by Gasteiger charge is 2.43. The van der Waals surface area contributed by atoms with Crippen LogP contribution in [0.3, 0.4) is 0 Å². The van der Waals surface area contributed by atoms with Gasteiger partial charge in [-0.15, -0.1) is 0 Å². The number of benzene rings is 2. The summed E-state index contributed by atoms with van der Waals surface area (Å²) < 4.78 is 25.3. The molecule has 1 N–H and O–H groups in total. The first-order valence-corrected chi connectivity index (χ1v) is 10.3. The Hall–Kier alpha value is -2.28. The van der Waals surface area contributed by atoms with Crippen molar-refractivity contribution in [2.45, 2.75) is 50.3 Å². The highest BCUT2D eigenvalue weighted by atomic mass is 19.1. The van der Waals surface area contributed by atoms with Crippen molar-refractivity contribution in [3.8, 4) is 0 Å². The SMILES string of the molecule is C[C@@H]1N[C@H]2C[C@H](C(=O)N3CCc4ccccc4[C@@H]3c3ccc(F)cc3)OC[C@H]2O1. The third-order valence-corrected chi connectivity index (χ3v) is 6.23. The van der Waals surface area contributed by atoms with Crippen LogP contribution in [0.2, 0.25) is 0 Å². The normalized spacial score (nSPS) is 31.2. The van der Waals surface area contributed by atoms with E-state index < -0.39 is 6.10 Å². The number of fused-ring (bicyclic) bond motifs is 2. The Morgan fingerprint density at radius 3 is 2.79 bits per heavy atom. The number of carbonyl (C=O) groups is 1. The Kier molecular flexibility index (Phi) is 4.86. The molecule has 5 atom stereocenters. The standard InChI is InChI=1S/C23H25FN2O3/c1-14-25-19-12-20(28-13-21(19)29-14)23(27)26-11-10-15-4-2-3-5-18(15)22(26)16-6-8-17(24)9-7-16/h2-9,14,19-22,25H,10-13H2,1H3/t14-,19+,20-,21-,22+/m1/s1. The van der Waals surface area contributed by atoms with E-state index in [1.54, 1.807) is 12.1 Å². The molecule has 3 aliphatic heterocycles. The van der Waals surface area contributed by atoms with Gasteiger partial charge in [-0.05, 0) is 42.2 Å². The molecule has 0 saturated carbocycles. The number of hydrogen-bond donors (Lipinski definition) is 1. The van der Waals surface area contributed by atoms with Crippen LogP contribution < -0.4 is 5.32 Å². The number of nitrogens with zero attached hydrogens (tertiary/aromatic N) is 1. The largest absolute Gasteiger partial charge is 0.366 e. The highest BCUT2D eigenvalue weighted by molar-refractivity contribution is 5.82. The monoisotopic (exact) mass is 396 g/mol. The Bertz CT molecular complexity index is 903. The van der Waals surface area contributed by atoms with Crippen molar-refractivity contribution >= 4 is 5.91 Å². The topological polar surface area (TPSA) is 50.8 Å². The molecule has 5 nitrogen and oxygen atoms in total. The molecule has 0 radical (unpaired) electrons. The molecule has 3 aliphatic rings. The molecule has 2 aromatic carbocycles. The second-order valence-electron chi connectivity index (χ2n) is 8.08. The van der Waals surface area contributed by atoms with Crippen LogP contribution in [0.1, 0.15) is 36.1 Å². The molecule has 0 aromatic heterocycles. The summed E-state index contributed by atoms with van der Waals surface area (Å²) in [5.74, 6) is -0.285. The van der Waals surface area contributed by atoms with Crippen molar-refractivity contribution in [3.05, 3.63) is 71.0 Å². The van der Waals surface area contributed by atoms with E-state index in [4.69, 9.17) is 9.47 Å². The van der Waals surface area contributed by atoms with Gasteiger partial charge in [-0.2, -0.15) is 0 Å². The second kappa shape index (κ2) is 7.52. The van der Waals surface area contributed by atoms with E-state index in [0.29, 0.717) is 19.6 Å². The minimum Gasteiger partial charge on any atom is -0.366 e. The van der Waals surface area contributed by atoms with E-state index in [2.05, 4.69) is 17.4 Å². The summed E-state index contributed by atoms with van der Waals surface area (Å²) >= 11 is 0. The van der Waals surface area contributed by atoms with Crippen molar-refractivity contribution in [3.63, 3.8) is 0 Å². The van der Waals surface area contributed by atoms with Crippen molar-refractivity contribution in [2.75, 3.05) is 13.2 Å². The third-order valence-electron chi connectivity index (χ3n) is 6.23. The summed E-state index contributed by atoms with van der Waals surface area (Å²) in [6.07, 6.45) is 0.894. The number of amides is 1. The van der Waals surface area contributed by atoms with E-state index in [1.807, 2.05) is 24.0 Å². The van der Waals surface area contributed by atoms with Crippen molar-refractivity contribution in [1.29, 1.82) is 0 Å². The summed E-state index contributed by atoms with van der Waals surface area (Å²) in [6, 6.07) is 14.5. The third kappa shape index (κ3) is 3.45. The maximum Gasteiger partial charge on any atom is 0.252 e. The van der Waals surface area contributed by atoms with Crippen molar-refractivity contribution in [1.82, 2.24) is 10.2 Å². The lowest BCUT2D eigenvalue weighted by atomic mass is 9.87. The first-order chi connectivity index (χ1) is 14.1. The smallest absolute Gasteiger partial charge is 0.252 e. The van der Waals surface area contributed by atoms with E-state index in [0.717, 1.165) is 17.5 Å². The quantitative estimate of drug-likeness (QED) is 0.848. The van der Waals surface area contributed by atoms with Gasteiger partial charge in [0.1, 0.15) is 18.1 Å². The molecule has 6 heteroatoms. The maximum absolute atomic E-state index is 13.5. The van der Waals surface area contributed by atoms with Crippen LogP contribution >= 0.6 is 0 Å². The van der Waals surface area contributed by atoms with Gasteiger partial charge < -0.3 is 14.4 Å². The highest BCUT2D eigenvalue weighted by Crippen LogP contribution is 2.36. The summed E-state index contributed by atoms with van der Waals surface area (Å²) in [5.41, 5.74) is 3.25. The zero-order valence-electron chi connectivity index (χ0n) is 16.4. The maximum atomic E-state index is 13.5. The second-order valence-corrected chi connectivity index (χ2v) is 8.08. The van der Waals surface area contributed by atoms with Gasteiger partial charge in [-0.25, -0.2) is 4.39 Å². The Morgan fingerprint density at radius 2 is 1.97 bits per heavy atom. The Morgan fingerprint density at radius 1 is 1.17 bits per heavy atom. The van der Waals surface area contributed by atoms with Crippen LogP contribution in [-0.4, -0.2) is 48.4 Å². The predicted molar refractivity (Wildman–Crippen MR) is 106 cm³/mol. The summed E-state index contributed by atoms with van der Waals surface area (Å²) in [5, 5.41) is 3.39. The molecule has 1 amide bonds. The van der Waals surface area contributed by atoms with E-state index in [-0.39, 0.29) is 36.1 Å². The molecule has 0 aliphatic carbocycles. The van der Waals surface area contributed by atoms with Crippen LogP contribution in [0.15, 0.2) is 48.5 Å². The fraction of sp³-hybridized carbons (Fsp3) is 0.435.